The van der Waals surface area contributed by atoms with Gasteiger partial charge in [0.15, 0.2) is 5.82 Å². The highest BCUT2D eigenvalue weighted by atomic mass is 16.1. The number of benzene rings is 1. The molecular formula is C18H24N8O. The van der Waals surface area contributed by atoms with Crippen LogP contribution in [-0.2, 0) is 14.1 Å². The maximum absolute atomic E-state index is 12.8. The van der Waals surface area contributed by atoms with Crippen molar-refractivity contribution >= 4 is 11.9 Å². The van der Waals surface area contributed by atoms with Gasteiger partial charge in [-0.2, -0.15) is 10.1 Å². The van der Waals surface area contributed by atoms with Gasteiger partial charge >= 0.3 is 0 Å². The molecule has 0 bridgehead atoms. The van der Waals surface area contributed by atoms with Crippen molar-refractivity contribution in [2.45, 2.75) is 19.4 Å². The van der Waals surface area contributed by atoms with Crippen LogP contribution in [0.2, 0.25) is 0 Å². The molecular weight excluding hydrogens is 344 g/mol. The quantitative estimate of drug-likeness (QED) is 0.710. The molecule has 2 aromatic heterocycles. The van der Waals surface area contributed by atoms with Crippen LogP contribution in [0, 0.1) is 0 Å². The van der Waals surface area contributed by atoms with Gasteiger partial charge in [0.05, 0.1) is 6.04 Å². The highest BCUT2D eigenvalue weighted by Crippen LogP contribution is 2.20. The fourth-order valence-electron chi connectivity index (χ4n) is 2.90. The summed E-state index contributed by atoms with van der Waals surface area (Å²) in [5, 5.41) is 11.5. The zero-order valence-corrected chi connectivity index (χ0v) is 16.2. The first-order chi connectivity index (χ1) is 12.9. The van der Waals surface area contributed by atoms with E-state index in [0.29, 0.717) is 17.8 Å². The molecule has 1 atom stereocenters. The molecule has 0 aliphatic carbocycles. The third kappa shape index (κ3) is 3.81. The van der Waals surface area contributed by atoms with Gasteiger partial charge in [0.2, 0.25) is 5.95 Å². The molecule has 9 heteroatoms. The predicted molar refractivity (Wildman–Crippen MR) is 102 cm³/mol. The van der Waals surface area contributed by atoms with Gasteiger partial charge in [-0.05, 0) is 18.6 Å². The Morgan fingerprint density at radius 2 is 2.04 bits per heavy atom. The van der Waals surface area contributed by atoms with Crippen LogP contribution in [0.4, 0.5) is 5.95 Å². The predicted octanol–water partition coefficient (Wildman–Crippen LogP) is 1.56. The second kappa shape index (κ2) is 7.56. The van der Waals surface area contributed by atoms with Crippen LogP contribution in [0.1, 0.15) is 35.6 Å². The minimum atomic E-state index is -0.207. The molecule has 0 saturated carbocycles. The van der Waals surface area contributed by atoms with E-state index in [0.717, 1.165) is 17.3 Å². The van der Waals surface area contributed by atoms with Crippen molar-refractivity contribution in [3.05, 3.63) is 42.0 Å². The third-order valence-corrected chi connectivity index (χ3v) is 4.29. The van der Waals surface area contributed by atoms with E-state index in [2.05, 4.69) is 25.5 Å². The van der Waals surface area contributed by atoms with Crippen LogP contribution in [-0.4, -0.2) is 49.5 Å². The van der Waals surface area contributed by atoms with Gasteiger partial charge < -0.3 is 10.2 Å². The molecule has 1 unspecified atom stereocenters. The molecule has 9 nitrogen and oxygen atoms in total. The molecule has 3 rings (SSSR count). The van der Waals surface area contributed by atoms with Gasteiger partial charge in [-0.25, -0.2) is 9.67 Å². The van der Waals surface area contributed by atoms with Gasteiger partial charge in [0.25, 0.3) is 5.91 Å². The normalized spacial score (nSPS) is 12.0. The summed E-state index contributed by atoms with van der Waals surface area (Å²) in [5.74, 6) is 1.88. The summed E-state index contributed by atoms with van der Waals surface area (Å²) in [6.45, 7) is 2.00. The highest BCUT2D eigenvalue weighted by molar-refractivity contribution is 5.95. The maximum Gasteiger partial charge on any atom is 0.251 e. The smallest absolute Gasteiger partial charge is 0.251 e. The molecule has 0 aliphatic rings. The largest absolute Gasteiger partial charge is 0.347 e. The van der Waals surface area contributed by atoms with E-state index in [-0.39, 0.29) is 11.9 Å². The van der Waals surface area contributed by atoms with E-state index in [1.54, 1.807) is 21.5 Å². The Bertz CT molecular complexity index is 942. The zero-order valence-electron chi connectivity index (χ0n) is 16.2. The fourth-order valence-corrected chi connectivity index (χ4v) is 2.90. The maximum atomic E-state index is 12.8. The van der Waals surface area contributed by atoms with Crippen LogP contribution >= 0.6 is 0 Å². The second-order valence-electron chi connectivity index (χ2n) is 6.51. The average Bonchev–Trinajstić information content (AvgIpc) is 3.25. The minimum Gasteiger partial charge on any atom is -0.347 e. The summed E-state index contributed by atoms with van der Waals surface area (Å²) in [6, 6.07) is 7.10. The molecule has 1 aromatic carbocycles. The molecule has 0 fully saturated rings. The molecule has 2 heterocycles. The Morgan fingerprint density at radius 3 is 2.63 bits per heavy atom. The number of hydrogen-bond acceptors (Lipinski definition) is 6. The van der Waals surface area contributed by atoms with Crippen molar-refractivity contribution in [2.24, 2.45) is 14.1 Å². The lowest BCUT2D eigenvalue weighted by Crippen LogP contribution is -2.30. The van der Waals surface area contributed by atoms with E-state index in [9.17, 15) is 4.79 Å². The number of aryl methyl sites for hydroxylation is 2. The molecule has 142 valence electrons. The molecule has 1 N–H and O–H groups in total. The average molecular weight is 368 g/mol. The Balaban J connectivity index is 1.83. The van der Waals surface area contributed by atoms with Crippen LogP contribution in [0.25, 0.3) is 11.4 Å². The SMILES string of the molecule is CCC(NC(=O)c1cccc(-c2nc(N(C)C)n(C)n2)c1)c1ncnn1C. The lowest BCUT2D eigenvalue weighted by Gasteiger charge is -2.16. The Hall–Kier alpha value is -3.23. The van der Waals surface area contributed by atoms with E-state index >= 15 is 0 Å². The topological polar surface area (TPSA) is 93.8 Å². The number of hydrogen-bond donors (Lipinski definition) is 1. The first-order valence-corrected chi connectivity index (χ1v) is 8.74. The number of aromatic nitrogens is 6. The number of amides is 1. The van der Waals surface area contributed by atoms with Crippen molar-refractivity contribution < 1.29 is 4.79 Å². The molecule has 27 heavy (non-hydrogen) atoms. The van der Waals surface area contributed by atoms with Gasteiger partial charge in [-0.3, -0.25) is 9.48 Å². The number of anilines is 1. The lowest BCUT2D eigenvalue weighted by molar-refractivity contribution is 0.0933. The zero-order chi connectivity index (χ0) is 19.6. The summed E-state index contributed by atoms with van der Waals surface area (Å²) in [5.41, 5.74) is 1.34. The molecule has 0 spiro atoms. The summed E-state index contributed by atoms with van der Waals surface area (Å²) < 4.78 is 3.38. The summed E-state index contributed by atoms with van der Waals surface area (Å²) in [4.78, 5) is 23.4. The molecule has 0 aliphatic heterocycles. The summed E-state index contributed by atoms with van der Waals surface area (Å²) in [6.07, 6.45) is 2.20. The van der Waals surface area contributed by atoms with Gasteiger partial charge in [0.1, 0.15) is 12.2 Å². The van der Waals surface area contributed by atoms with E-state index in [4.69, 9.17) is 0 Å². The third-order valence-electron chi connectivity index (χ3n) is 4.29. The Morgan fingerprint density at radius 1 is 1.26 bits per heavy atom. The van der Waals surface area contributed by atoms with Crippen LogP contribution in [0.3, 0.4) is 0 Å². The Labute approximate surface area is 158 Å². The van der Waals surface area contributed by atoms with Crippen LogP contribution in [0.5, 0.6) is 0 Å². The molecule has 3 aromatic rings. The summed E-state index contributed by atoms with van der Waals surface area (Å²) >= 11 is 0. The van der Waals surface area contributed by atoms with E-state index in [1.807, 2.05) is 52.1 Å². The van der Waals surface area contributed by atoms with Crippen molar-refractivity contribution in [1.29, 1.82) is 0 Å². The van der Waals surface area contributed by atoms with E-state index < -0.39 is 0 Å². The monoisotopic (exact) mass is 368 g/mol. The van der Waals surface area contributed by atoms with Gasteiger partial charge in [-0.1, -0.05) is 19.1 Å². The van der Waals surface area contributed by atoms with Crippen molar-refractivity contribution in [3.8, 4) is 11.4 Å². The van der Waals surface area contributed by atoms with Crippen molar-refractivity contribution in [3.63, 3.8) is 0 Å². The fraction of sp³-hybridized carbons (Fsp3) is 0.389. The number of rotatable bonds is 6. The summed E-state index contributed by atoms with van der Waals surface area (Å²) in [7, 11) is 7.48. The number of carbonyl (C=O) groups is 1. The minimum absolute atomic E-state index is 0.171. The number of nitrogens with zero attached hydrogens (tertiary/aromatic N) is 7. The van der Waals surface area contributed by atoms with Gasteiger partial charge in [-0.15, -0.1) is 5.10 Å². The number of nitrogens with one attached hydrogen (secondary N) is 1. The first kappa shape index (κ1) is 18.6. The molecule has 0 saturated heterocycles. The van der Waals surface area contributed by atoms with Crippen LogP contribution in [0.15, 0.2) is 30.6 Å². The standard InChI is InChI=1S/C18H24N8O/c1-6-14(16-19-11-20-25(16)4)21-17(27)13-9-7-8-12(10-13)15-22-18(24(2)3)26(5)23-15/h7-11,14H,6H2,1-5H3,(H,21,27). The lowest BCUT2D eigenvalue weighted by atomic mass is 10.1. The van der Waals surface area contributed by atoms with Gasteiger partial charge in [0, 0.05) is 39.3 Å². The number of carbonyl (C=O) groups excluding carboxylic acids is 1. The first-order valence-electron chi connectivity index (χ1n) is 8.74. The Kier molecular flexibility index (Phi) is 5.20. The highest BCUT2D eigenvalue weighted by Gasteiger charge is 2.19. The molecule has 0 radical (unpaired) electrons. The molecule has 1 amide bonds. The van der Waals surface area contributed by atoms with E-state index in [1.165, 1.54) is 6.33 Å². The van der Waals surface area contributed by atoms with Crippen LogP contribution < -0.4 is 10.2 Å². The second-order valence-corrected chi connectivity index (χ2v) is 6.51. The van der Waals surface area contributed by atoms with Crippen molar-refractivity contribution in [1.82, 2.24) is 34.8 Å². The van der Waals surface area contributed by atoms with Crippen molar-refractivity contribution in [2.75, 3.05) is 19.0 Å².